The summed E-state index contributed by atoms with van der Waals surface area (Å²) >= 11 is 2.52. The Bertz CT molecular complexity index is 582. The number of hydrogen-bond acceptors (Lipinski definition) is 6. The molecule has 0 aliphatic rings. The molecule has 2 N–H and O–H groups in total. The van der Waals surface area contributed by atoms with Crippen LogP contribution in [0.1, 0.15) is 16.1 Å². The van der Waals surface area contributed by atoms with E-state index in [1.807, 2.05) is 12.3 Å². The Morgan fingerprint density at radius 3 is 3.12 bits per heavy atom. The Kier molecular flexibility index (Phi) is 3.41. The van der Waals surface area contributed by atoms with Crippen LogP contribution < -0.4 is 5.32 Å². The maximum absolute atomic E-state index is 11.7. The average Bonchev–Trinajstić information content (AvgIpc) is 2.96. The maximum atomic E-state index is 11.7. The van der Waals surface area contributed by atoms with Gasteiger partial charge in [-0.1, -0.05) is 11.8 Å². The van der Waals surface area contributed by atoms with E-state index in [1.165, 1.54) is 24.0 Å². The topological polar surface area (TPSA) is 94.5 Å². The highest BCUT2D eigenvalue weighted by molar-refractivity contribution is 7.98. The molecule has 2 rings (SSSR count). The molecule has 0 spiro atoms. The van der Waals surface area contributed by atoms with E-state index in [2.05, 4.69) is 19.7 Å². The first-order valence-electron chi connectivity index (χ1n) is 4.50. The highest BCUT2D eigenvalue weighted by Gasteiger charge is 2.11. The number of carbonyl (C=O) groups is 1. The molecule has 6 nitrogen and oxygen atoms in total. The van der Waals surface area contributed by atoms with Crippen molar-refractivity contribution >= 4 is 34.3 Å². The zero-order chi connectivity index (χ0) is 12.3. The van der Waals surface area contributed by atoms with E-state index in [9.17, 15) is 4.79 Å². The van der Waals surface area contributed by atoms with Crippen LogP contribution in [0.25, 0.3) is 0 Å². The molecule has 0 saturated carbocycles. The fourth-order valence-electron chi connectivity index (χ4n) is 1.10. The van der Waals surface area contributed by atoms with Crippen molar-refractivity contribution < 1.29 is 4.79 Å². The van der Waals surface area contributed by atoms with Gasteiger partial charge in [-0.15, -0.1) is 0 Å². The predicted molar refractivity (Wildman–Crippen MR) is 65.2 cm³/mol. The van der Waals surface area contributed by atoms with Gasteiger partial charge in [-0.25, -0.2) is 0 Å². The zero-order valence-corrected chi connectivity index (χ0v) is 10.4. The second-order valence-corrected chi connectivity index (χ2v) is 4.48. The summed E-state index contributed by atoms with van der Waals surface area (Å²) in [6, 6.07) is 3.42. The van der Waals surface area contributed by atoms with Crippen LogP contribution in [-0.2, 0) is 0 Å². The molecule has 0 unspecified atom stereocenters. The lowest BCUT2D eigenvalue weighted by Crippen LogP contribution is -2.11. The van der Waals surface area contributed by atoms with Crippen LogP contribution >= 0.6 is 23.3 Å². The number of anilines is 1. The van der Waals surface area contributed by atoms with E-state index < -0.39 is 0 Å². The Hall–Kier alpha value is -1.85. The van der Waals surface area contributed by atoms with Gasteiger partial charge >= 0.3 is 0 Å². The van der Waals surface area contributed by atoms with Gasteiger partial charge in [0, 0.05) is 17.7 Å². The third kappa shape index (κ3) is 2.64. The van der Waals surface area contributed by atoms with E-state index >= 15 is 0 Å². The number of thioether (sulfide) groups is 1. The molecule has 0 bridgehead atoms. The summed E-state index contributed by atoms with van der Waals surface area (Å²) in [6.45, 7) is 0. The van der Waals surface area contributed by atoms with Crippen molar-refractivity contribution in [3.05, 3.63) is 23.5 Å². The van der Waals surface area contributed by atoms with Gasteiger partial charge in [0.15, 0.2) is 0 Å². The second-order valence-electron chi connectivity index (χ2n) is 2.95. The SMILES string of the molecule is CSc1nsc(NC(=O)c2cc(C#N)c[nH]2)n1. The monoisotopic (exact) mass is 265 g/mol. The summed E-state index contributed by atoms with van der Waals surface area (Å²) in [5.41, 5.74) is 0.736. The number of aromatic nitrogens is 3. The van der Waals surface area contributed by atoms with Gasteiger partial charge < -0.3 is 4.98 Å². The molecular weight excluding hydrogens is 258 g/mol. The Morgan fingerprint density at radius 1 is 1.71 bits per heavy atom. The van der Waals surface area contributed by atoms with E-state index in [0.29, 0.717) is 21.5 Å². The van der Waals surface area contributed by atoms with Crippen LogP contribution in [0.2, 0.25) is 0 Å². The van der Waals surface area contributed by atoms with E-state index in [-0.39, 0.29) is 5.91 Å². The zero-order valence-electron chi connectivity index (χ0n) is 8.72. The molecule has 2 aromatic heterocycles. The van der Waals surface area contributed by atoms with Gasteiger partial charge in [0.05, 0.1) is 5.56 Å². The van der Waals surface area contributed by atoms with Crippen molar-refractivity contribution in [2.24, 2.45) is 0 Å². The van der Waals surface area contributed by atoms with Crippen LogP contribution in [0, 0.1) is 11.3 Å². The van der Waals surface area contributed by atoms with Gasteiger partial charge in [-0.05, 0) is 12.3 Å². The number of nitrogens with zero attached hydrogens (tertiary/aromatic N) is 3. The Labute approximate surface area is 105 Å². The van der Waals surface area contributed by atoms with Gasteiger partial charge in [0.25, 0.3) is 5.91 Å². The Morgan fingerprint density at radius 2 is 2.53 bits per heavy atom. The normalized spacial score (nSPS) is 9.88. The van der Waals surface area contributed by atoms with Gasteiger partial charge in [0.2, 0.25) is 10.3 Å². The van der Waals surface area contributed by atoms with Crippen molar-refractivity contribution in [1.82, 2.24) is 14.3 Å². The van der Waals surface area contributed by atoms with Crippen LogP contribution in [0.5, 0.6) is 0 Å². The number of nitrogens with one attached hydrogen (secondary N) is 2. The fourth-order valence-corrected chi connectivity index (χ4v) is 2.22. The number of nitriles is 1. The van der Waals surface area contributed by atoms with Crippen LogP contribution in [0.3, 0.4) is 0 Å². The standard InChI is InChI=1S/C9H7N5OS2/c1-16-9-13-8(17-14-9)12-7(15)6-2-5(3-10)4-11-6/h2,4,11H,1H3,(H,12,13,14,15). The molecule has 2 heterocycles. The number of aromatic amines is 1. The molecule has 0 aliphatic heterocycles. The van der Waals surface area contributed by atoms with Gasteiger partial charge in [-0.2, -0.15) is 14.6 Å². The molecule has 0 aliphatic carbocycles. The first kappa shape index (κ1) is 11.6. The van der Waals surface area contributed by atoms with Crippen molar-refractivity contribution in [2.45, 2.75) is 5.16 Å². The smallest absolute Gasteiger partial charge is 0.273 e. The third-order valence-electron chi connectivity index (χ3n) is 1.87. The van der Waals surface area contributed by atoms with Crippen molar-refractivity contribution in [2.75, 3.05) is 11.6 Å². The van der Waals surface area contributed by atoms with E-state index in [4.69, 9.17) is 5.26 Å². The van der Waals surface area contributed by atoms with Crippen molar-refractivity contribution in [3.63, 3.8) is 0 Å². The van der Waals surface area contributed by atoms with Crippen LogP contribution in [0.15, 0.2) is 17.4 Å². The molecule has 86 valence electrons. The number of H-pyrrole nitrogens is 1. The van der Waals surface area contributed by atoms with Crippen LogP contribution in [0.4, 0.5) is 5.13 Å². The lowest BCUT2D eigenvalue weighted by Gasteiger charge is -1.96. The number of rotatable bonds is 3. The molecule has 0 radical (unpaired) electrons. The highest BCUT2D eigenvalue weighted by atomic mass is 32.2. The minimum Gasteiger partial charge on any atom is -0.356 e. The second kappa shape index (κ2) is 4.99. The quantitative estimate of drug-likeness (QED) is 0.824. The summed E-state index contributed by atoms with van der Waals surface area (Å²) in [7, 11) is 0. The lowest BCUT2D eigenvalue weighted by molar-refractivity contribution is 0.102. The van der Waals surface area contributed by atoms with Crippen molar-refractivity contribution in [1.29, 1.82) is 5.26 Å². The Balaban J connectivity index is 2.09. The lowest BCUT2D eigenvalue weighted by atomic mass is 10.3. The first-order chi connectivity index (χ1) is 8.22. The molecular formula is C9H7N5OS2. The largest absolute Gasteiger partial charge is 0.356 e. The minimum atomic E-state index is -0.338. The summed E-state index contributed by atoms with van der Waals surface area (Å²) in [5, 5.41) is 12.3. The van der Waals surface area contributed by atoms with E-state index in [1.54, 1.807) is 0 Å². The first-order valence-corrected chi connectivity index (χ1v) is 6.50. The predicted octanol–water partition coefficient (Wildman–Crippen LogP) is 1.71. The van der Waals surface area contributed by atoms with E-state index in [0.717, 1.165) is 11.5 Å². The van der Waals surface area contributed by atoms with Gasteiger partial charge in [-0.3, -0.25) is 10.1 Å². The summed E-state index contributed by atoms with van der Waals surface area (Å²) in [5.74, 6) is -0.338. The van der Waals surface area contributed by atoms with Crippen LogP contribution in [-0.4, -0.2) is 26.5 Å². The molecule has 0 atom stereocenters. The number of hydrogen-bond donors (Lipinski definition) is 2. The average molecular weight is 265 g/mol. The molecule has 0 aromatic carbocycles. The highest BCUT2D eigenvalue weighted by Crippen LogP contribution is 2.18. The number of carbonyl (C=O) groups excluding carboxylic acids is 1. The maximum Gasteiger partial charge on any atom is 0.273 e. The number of amides is 1. The summed E-state index contributed by atoms with van der Waals surface area (Å²) in [6.07, 6.45) is 3.33. The molecule has 8 heteroatoms. The fraction of sp³-hybridized carbons (Fsp3) is 0.111. The summed E-state index contributed by atoms with van der Waals surface area (Å²) in [4.78, 5) is 18.5. The summed E-state index contributed by atoms with van der Waals surface area (Å²) < 4.78 is 4.02. The molecule has 0 fully saturated rings. The third-order valence-corrected chi connectivity index (χ3v) is 3.16. The molecule has 17 heavy (non-hydrogen) atoms. The minimum absolute atomic E-state index is 0.322. The van der Waals surface area contributed by atoms with Crippen molar-refractivity contribution in [3.8, 4) is 6.07 Å². The van der Waals surface area contributed by atoms with Gasteiger partial charge in [0.1, 0.15) is 11.8 Å². The molecule has 1 amide bonds. The molecule has 0 saturated heterocycles. The molecule has 2 aromatic rings.